The summed E-state index contributed by atoms with van der Waals surface area (Å²) in [6, 6.07) is 5.94. The fraction of sp³-hybridized carbons (Fsp3) is 0.333. The van der Waals surface area contributed by atoms with Crippen LogP contribution in [0.3, 0.4) is 0 Å². The van der Waals surface area contributed by atoms with Gasteiger partial charge in [-0.2, -0.15) is 5.10 Å². The van der Waals surface area contributed by atoms with Crippen LogP contribution < -0.4 is 10.1 Å². The first-order chi connectivity index (χ1) is 10.8. The molecule has 2 aromatic rings. The Morgan fingerprint density at radius 2 is 2.04 bits per heavy atom. The van der Waals surface area contributed by atoms with Crippen LogP contribution in [0.25, 0.3) is 0 Å². The number of aryl methyl sites for hydroxylation is 2. The summed E-state index contributed by atoms with van der Waals surface area (Å²) in [5.41, 5.74) is 1.95. The van der Waals surface area contributed by atoms with Gasteiger partial charge in [-0.15, -0.1) is 0 Å². The number of rotatable bonds is 5. The van der Waals surface area contributed by atoms with Crippen molar-refractivity contribution in [2.45, 2.75) is 26.9 Å². The van der Waals surface area contributed by atoms with Crippen molar-refractivity contribution in [1.29, 1.82) is 0 Å². The molecule has 1 unspecified atom stereocenters. The largest absolute Gasteiger partial charge is 0.474 e. The average Bonchev–Trinajstić information content (AvgIpc) is 2.73. The SMILES string of the molecule is Cc1nn(C)c(C)c1NC(=O)C(C)Oc1ccccc1[N+](=O)[O-]. The number of benzene rings is 1. The van der Waals surface area contributed by atoms with Crippen LogP contribution in [-0.2, 0) is 11.8 Å². The van der Waals surface area contributed by atoms with E-state index in [9.17, 15) is 14.9 Å². The van der Waals surface area contributed by atoms with Gasteiger partial charge < -0.3 is 10.1 Å². The lowest BCUT2D eigenvalue weighted by Crippen LogP contribution is -2.30. The highest BCUT2D eigenvalue weighted by Gasteiger charge is 2.22. The van der Waals surface area contributed by atoms with Crippen LogP contribution in [0.5, 0.6) is 5.75 Å². The summed E-state index contributed by atoms with van der Waals surface area (Å²) in [5.74, 6) is -0.345. The number of para-hydroxylation sites is 2. The van der Waals surface area contributed by atoms with E-state index in [0.717, 1.165) is 5.69 Å². The highest BCUT2D eigenvalue weighted by atomic mass is 16.6. The molecule has 0 bridgehead atoms. The molecule has 1 aromatic heterocycles. The lowest BCUT2D eigenvalue weighted by Gasteiger charge is -2.14. The third-order valence-corrected chi connectivity index (χ3v) is 3.49. The number of nitrogens with one attached hydrogen (secondary N) is 1. The van der Waals surface area contributed by atoms with Gasteiger partial charge in [0.1, 0.15) is 0 Å². The minimum atomic E-state index is -0.893. The number of nitro benzene ring substituents is 1. The molecule has 1 heterocycles. The van der Waals surface area contributed by atoms with E-state index >= 15 is 0 Å². The van der Waals surface area contributed by atoms with Gasteiger partial charge in [-0.05, 0) is 26.8 Å². The van der Waals surface area contributed by atoms with E-state index in [4.69, 9.17) is 4.74 Å². The molecule has 23 heavy (non-hydrogen) atoms. The predicted octanol–water partition coefficient (Wildman–Crippen LogP) is 2.35. The number of ether oxygens (including phenoxy) is 1. The van der Waals surface area contributed by atoms with Crippen molar-refractivity contribution in [1.82, 2.24) is 9.78 Å². The van der Waals surface area contributed by atoms with Crippen LogP contribution in [0.2, 0.25) is 0 Å². The summed E-state index contributed by atoms with van der Waals surface area (Å²) < 4.78 is 7.11. The van der Waals surface area contributed by atoms with Gasteiger partial charge in [0.05, 0.1) is 22.0 Å². The van der Waals surface area contributed by atoms with Gasteiger partial charge in [-0.3, -0.25) is 19.6 Å². The second-order valence-corrected chi connectivity index (χ2v) is 5.14. The summed E-state index contributed by atoms with van der Waals surface area (Å²) >= 11 is 0. The minimum absolute atomic E-state index is 0.0554. The zero-order valence-electron chi connectivity index (χ0n) is 13.4. The number of anilines is 1. The highest BCUT2D eigenvalue weighted by molar-refractivity contribution is 5.95. The molecule has 0 aliphatic carbocycles. The van der Waals surface area contributed by atoms with Crippen LogP contribution in [0.1, 0.15) is 18.3 Å². The number of aromatic nitrogens is 2. The molecular formula is C15H18N4O4. The van der Waals surface area contributed by atoms with Crippen LogP contribution in [0.15, 0.2) is 24.3 Å². The molecule has 1 atom stereocenters. The summed E-state index contributed by atoms with van der Waals surface area (Å²) in [4.78, 5) is 22.7. The number of nitrogens with zero attached hydrogens (tertiary/aromatic N) is 3. The first-order valence-electron chi connectivity index (χ1n) is 7.02. The molecule has 122 valence electrons. The van der Waals surface area contributed by atoms with Gasteiger partial charge in [-0.25, -0.2) is 0 Å². The smallest absolute Gasteiger partial charge is 0.310 e. The summed E-state index contributed by atoms with van der Waals surface area (Å²) in [7, 11) is 1.78. The predicted molar refractivity (Wildman–Crippen MR) is 84.5 cm³/mol. The van der Waals surface area contributed by atoms with E-state index in [1.807, 2.05) is 6.92 Å². The monoisotopic (exact) mass is 318 g/mol. The lowest BCUT2D eigenvalue weighted by atomic mass is 10.2. The molecular weight excluding hydrogens is 300 g/mol. The normalized spacial score (nSPS) is 11.8. The third-order valence-electron chi connectivity index (χ3n) is 3.49. The van der Waals surface area contributed by atoms with Gasteiger partial charge in [-0.1, -0.05) is 12.1 Å². The van der Waals surface area contributed by atoms with E-state index in [2.05, 4.69) is 10.4 Å². The van der Waals surface area contributed by atoms with Gasteiger partial charge in [0.25, 0.3) is 5.91 Å². The number of amides is 1. The lowest BCUT2D eigenvalue weighted by molar-refractivity contribution is -0.386. The molecule has 0 saturated carbocycles. The maximum absolute atomic E-state index is 12.3. The molecule has 0 radical (unpaired) electrons. The van der Waals surface area contributed by atoms with Crippen molar-refractivity contribution in [3.8, 4) is 5.75 Å². The van der Waals surface area contributed by atoms with Gasteiger partial charge >= 0.3 is 5.69 Å². The fourth-order valence-corrected chi connectivity index (χ4v) is 2.13. The summed E-state index contributed by atoms with van der Waals surface area (Å²) in [6.45, 7) is 5.16. The Morgan fingerprint density at radius 3 is 2.61 bits per heavy atom. The highest BCUT2D eigenvalue weighted by Crippen LogP contribution is 2.27. The van der Waals surface area contributed by atoms with Gasteiger partial charge in [0.15, 0.2) is 11.9 Å². The van der Waals surface area contributed by atoms with E-state index in [1.165, 1.54) is 25.1 Å². The van der Waals surface area contributed by atoms with Crippen molar-refractivity contribution in [2.75, 3.05) is 5.32 Å². The van der Waals surface area contributed by atoms with Crippen molar-refractivity contribution in [2.24, 2.45) is 7.05 Å². The molecule has 8 heteroatoms. The van der Waals surface area contributed by atoms with Gasteiger partial charge in [0.2, 0.25) is 0 Å². The first kappa shape index (κ1) is 16.5. The Balaban J connectivity index is 2.13. The maximum atomic E-state index is 12.3. The van der Waals surface area contributed by atoms with Crippen LogP contribution >= 0.6 is 0 Å². The number of hydrogen-bond acceptors (Lipinski definition) is 5. The quantitative estimate of drug-likeness (QED) is 0.674. The molecule has 0 aliphatic rings. The van der Waals surface area contributed by atoms with E-state index < -0.39 is 16.9 Å². The molecule has 0 saturated heterocycles. The third kappa shape index (κ3) is 3.47. The fourth-order valence-electron chi connectivity index (χ4n) is 2.13. The molecule has 1 aromatic carbocycles. The van der Waals surface area contributed by atoms with E-state index in [0.29, 0.717) is 11.4 Å². The van der Waals surface area contributed by atoms with Crippen LogP contribution in [-0.4, -0.2) is 26.7 Å². The Morgan fingerprint density at radius 1 is 1.39 bits per heavy atom. The van der Waals surface area contributed by atoms with Crippen molar-refractivity contribution in [3.63, 3.8) is 0 Å². The first-order valence-corrected chi connectivity index (χ1v) is 7.02. The Kier molecular flexibility index (Phi) is 4.63. The maximum Gasteiger partial charge on any atom is 0.310 e. The van der Waals surface area contributed by atoms with Crippen LogP contribution in [0.4, 0.5) is 11.4 Å². The number of carbonyl (C=O) groups excluding carboxylic acids is 1. The average molecular weight is 318 g/mol. The number of hydrogen-bond donors (Lipinski definition) is 1. The molecule has 0 aliphatic heterocycles. The second kappa shape index (κ2) is 6.47. The Hall–Kier alpha value is -2.90. The van der Waals surface area contributed by atoms with Crippen molar-refractivity contribution >= 4 is 17.3 Å². The molecule has 0 fully saturated rings. The zero-order chi connectivity index (χ0) is 17.1. The standard InChI is InChI=1S/C15H18N4O4/c1-9-14(10(2)18(4)17-9)16-15(20)11(3)23-13-8-6-5-7-12(13)19(21)22/h5-8,11H,1-4H3,(H,16,20). The second-order valence-electron chi connectivity index (χ2n) is 5.14. The molecule has 0 spiro atoms. The topological polar surface area (TPSA) is 99.3 Å². The van der Waals surface area contributed by atoms with Crippen molar-refractivity contribution in [3.05, 3.63) is 45.8 Å². The van der Waals surface area contributed by atoms with E-state index in [1.54, 1.807) is 24.7 Å². The Bertz CT molecular complexity index is 754. The molecule has 8 nitrogen and oxygen atoms in total. The minimum Gasteiger partial charge on any atom is -0.474 e. The molecule has 1 amide bonds. The van der Waals surface area contributed by atoms with Gasteiger partial charge in [0, 0.05) is 13.1 Å². The summed E-state index contributed by atoms with van der Waals surface area (Å²) in [6.07, 6.45) is -0.893. The molecule has 1 N–H and O–H groups in total. The van der Waals surface area contributed by atoms with Crippen LogP contribution in [0, 0.1) is 24.0 Å². The summed E-state index contributed by atoms with van der Waals surface area (Å²) in [5, 5.41) is 17.9. The Labute approximate surface area is 133 Å². The van der Waals surface area contributed by atoms with Crippen molar-refractivity contribution < 1.29 is 14.5 Å². The number of nitro groups is 1. The zero-order valence-corrected chi connectivity index (χ0v) is 13.4. The molecule has 2 rings (SSSR count). The van der Waals surface area contributed by atoms with E-state index in [-0.39, 0.29) is 11.4 Å². The number of carbonyl (C=O) groups is 1.